The Kier molecular flexibility index (Phi) is 4.22. The molecule has 1 unspecified atom stereocenters. The third-order valence-corrected chi connectivity index (χ3v) is 4.18. The quantitative estimate of drug-likeness (QED) is 0.735. The maximum atomic E-state index is 6.28. The molecule has 1 atom stereocenters. The van der Waals surface area contributed by atoms with Crippen molar-refractivity contribution < 1.29 is 4.74 Å². The van der Waals surface area contributed by atoms with Gasteiger partial charge in [-0.3, -0.25) is 0 Å². The summed E-state index contributed by atoms with van der Waals surface area (Å²) in [5.74, 6) is 1.55. The maximum absolute atomic E-state index is 6.28. The lowest BCUT2D eigenvalue weighted by atomic mass is 9.99. The molecule has 0 saturated carbocycles. The van der Waals surface area contributed by atoms with E-state index in [-0.39, 0.29) is 5.38 Å². The number of ether oxygens (including phenoxy) is 1. The summed E-state index contributed by atoms with van der Waals surface area (Å²) in [7, 11) is 0. The summed E-state index contributed by atoms with van der Waals surface area (Å²) in [6.07, 6.45) is 2.88. The van der Waals surface area contributed by atoms with Crippen LogP contribution in [-0.4, -0.2) is 12.0 Å². The lowest BCUT2D eigenvalue weighted by molar-refractivity contribution is 0.353. The summed E-state index contributed by atoms with van der Waals surface area (Å²) >= 11 is 12.4. The van der Waals surface area contributed by atoms with Gasteiger partial charge in [0, 0.05) is 16.8 Å². The molecule has 0 bridgehead atoms. The molecule has 17 heavy (non-hydrogen) atoms. The number of halogens is 2. The van der Waals surface area contributed by atoms with Crippen molar-refractivity contribution in [2.75, 3.05) is 6.61 Å². The Morgan fingerprint density at radius 3 is 2.82 bits per heavy atom. The molecule has 0 N–H and O–H groups in total. The smallest absolute Gasteiger partial charge is 0.125 e. The van der Waals surface area contributed by atoms with E-state index in [0.717, 1.165) is 36.6 Å². The van der Waals surface area contributed by atoms with Crippen LogP contribution < -0.4 is 4.74 Å². The van der Waals surface area contributed by atoms with Crippen LogP contribution in [0, 0.1) is 5.92 Å². The first-order chi connectivity index (χ1) is 8.08. The van der Waals surface area contributed by atoms with E-state index in [1.807, 2.05) is 12.1 Å². The van der Waals surface area contributed by atoms with Crippen molar-refractivity contribution in [1.82, 2.24) is 0 Å². The van der Waals surface area contributed by atoms with Crippen LogP contribution in [0.5, 0.6) is 5.75 Å². The average Bonchev–Trinajstić information content (AvgIpc) is 2.72. The summed E-state index contributed by atoms with van der Waals surface area (Å²) in [6, 6.07) is 4.02. The molecule has 0 saturated heterocycles. The van der Waals surface area contributed by atoms with Gasteiger partial charge in [-0.1, -0.05) is 25.4 Å². The molecule has 1 aromatic carbocycles. The van der Waals surface area contributed by atoms with Gasteiger partial charge in [-0.2, -0.15) is 0 Å². The fraction of sp³-hybridized carbons (Fsp3) is 0.571. The van der Waals surface area contributed by atoms with Gasteiger partial charge in [0.15, 0.2) is 0 Å². The van der Waals surface area contributed by atoms with Gasteiger partial charge < -0.3 is 4.74 Å². The van der Waals surface area contributed by atoms with Crippen molar-refractivity contribution in [2.24, 2.45) is 5.92 Å². The van der Waals surface area contributed by atoms with E-state index in [2.05, 4.69) is 13.8 Å². The molecule has 0 aromatic heterocycles. The van der Waals surface area contributed by atoms with E-state index >= 15 is 0 Å². The fourth-order valence-electron chi connectivity index (χ4n) is 2.16. The highest BCUT2D eigenvalue weighted by molar-refractivity contribution is 6.30. The second kappa shape index (κ2) is 5.49. The molecule has 0 fully saturated rings. The van der Waals surface area contributed by atoms with Crippen molar-refractivity contribution in [2.45, 2.75) is 38.5 Å². The predicted octanol–water partition coefficient (Wildman–Crippen LogP) is 4.47. The zero-order valence-corrected chi connectivity index (χ0v) is 11.8. The van der Waals surface area contributed by atoms with Crippen LogP contribution in [0.3, 0.4) is 0 Å². The third kappa shape index (κ3) is 3.08. The van der Waals surface area contributed by atoms with E-state index in [9.17, 15) is 0 Å². The average molecular weight is 273 g/mol. The maximum Gasteiger partial charge on any atom is 0.125 e. The number of rotatable bonds is 4. The fourth-order valence-corrected chi connectivity index (χ4v) is 2.53. The molecule has 0 radical (unpaired) electrons. The van der Waals surface area contributed by atoms with Crippen LogP contribution in [0.2, 0.25) is 5.02 Å². The standard InChI is InChI=1S/C14H18Cl2O/c1-9(2)13(16)4-3-10-7-12(15)8-11-5-6-17-14(10)11/h7-9,13H,3-6H2,1-2H3. The van der Waals surface area contributed by atoms with Crippen molar-refractivity contribution in [3.63, 3.8) is 0 Å². The number of fused-ring (bicyclic) bond motifs is 1. The highest BCUT2D eigenvalue weighted by Gasteiger charge is 2.18. The highest BCUT2D eigenvalue weighted by atomic mass is 35.5. The summed E-state index contributed by atoms with van der Waals surface area (Å²) in [4.78, 5) is 0. The van der Waals surface area contributed by atoms with Gasteiger partial charge in [-0.25, -0.2) is 0 Å². The molecule has 1 nitrogen and oxygen atoms in total. The Bertz CT molecular complexity index is 401. The van der Waals surface area contributed by atoms with Gasteiger partial charge in [0.05, 0.1) is 6.61 Å². The Labute approximate surface area is 113 Å². The van der Waals surface area contributed by atoms with Gasteiger partial charge in [0.2, 0.25) is 0 Å². The van der Waals surface area contributed by atoms with Crippen molar-refractivity contribution in [3.8, 4) is 5.75 Å². The largest absolute Gasteiger partial charge is 0.493 e. The predicted molar refractivity (Wildman–Crippen MR) is 73.5 cm³/mol. The molecule has 2 rings (SSSR count). The van der Waals surface area contributed by atoms with Crippen LogP contribution in [0.1, 0.15) is 31.4 Å². The Hall–Kier alpha value is -0.400. The minimum absolute atomic E-state index is 0.214. The number of alkyl halides is 1. The molecule has 0 aliphatic carbocycles. The van der Waals surface area contributed by atoms with E-state index in [0.29, 0.717) is 5.92 Å². The van der Waals surface area contributed by atoms with Crippen LogP contribution in [0.25, 0.3) is 0 Å². The first-order valence-electron chi connectivity index (χ1n) is 6.16. The summed E-state index contributed by atoms with van der Waals surface area (Å²) < 4.78 is 5.68. The van der Waals surface area contributed by atoms with Gasteiger partial charge in [0.25, 0.3) is 0 Å². The number of hydrogen-bond acceptors (Lipinski definition) is 1. The Balaban J connectivity index is 2.11. The van der Waals surface area contributed by atoms with E-state index in [1.165, 1.54) is 11.1 Å². The third-order valence-electron chi connectivity index (χ3n) is 3.24. The SMILES string of the molecule is CC(C)C(Cl)CCc1cc(Cl)cc2c1OCC2. The molecular weight excluding hydrogens is 255 g/mol. The normalized spacial score (nSPS) is 15.8. The van der Waals surface area contributed by atoms with Gasteiger partial charge >= 0.3 is 0 Å². The van der Waals surface area contributed by atoms with E-state index in [1.54, 1.807) is 0 Å². The van der Waals surface area contributed by atoms with Crippen molar-refractivity contribution in [3.05, 3.63) is 28.3 Å². The zero-order valence-electron chi connectivity index (χ0n) is 10.3. The molecule has 1 aliphatic rings. The lowest BCUT2D eigenvalue weighted by Crippen LogP contribution is -2.09. The topological polar surface area (TPSA) is 9.23 Å². The summed E-state index contributed by atoms with van der Waals surface area (Å²) in [5.41, 5.74) is 2.44. The van der Waals surface area contributed by atoms with E-state index < -0.39 is 0 Å². The van der Waals surface area contributed by atoms with Crippen molar-refractivity contribution >= 4 is 23.2 Å². The molecule has 0 spiro atoms. The van der Waals surface area contributed by atoms with Crippen LogP contribution in [0.15, 0.2) is 12.1 Å². The summed E-state index contributed by atoms with van der Waals surface area (Å²) in [6.45, 7) is 5.07. The minimum atomic E-state index is 0.214. The van der Waals surface area contributed by atoms with E-state index in [4.69, 9.17) is 27.9 Å². The molecule has 1 aromatic rings. The second-order valence-electron chi connectivity index (χ2n) is 4.95. The number of aryl methyl sites for hydroxylation is 1. The second-order valence-corrected chi connectivity index (χ2v) is 5.95. The molecular formula is C14H18Cl2O. The van der Waals surface area contributed by atoms with Gasteiger partial charge in [-0.15, -0.1) is 11.6 Å². The highest BCUT2D eigenvalue weighted by Crippen LogP contribution is 2.34. The monoisotopic (exact) mass is 272 g/mol. The molecule has 1 heterocycles. The van der Waals surface area contributed by atoms with Crippen molar-refractivity contribution in [1.29, 1.82) is 0 Å². The first-order valence-corrected chi connectivity index (χ1v) is 6.97. The van der Waals surface area contributed by atoms with Crippen LogP contribution >= 0.6 is 23.2 Å². The van der Waals surface area contributed by atoms with Crippen LogP contribution in [-0.2, 0) is 12.8 Å². The first kappa shape index (κ1) is 13.0. The minimum Gasteiger partial charge on any atom is -0.493 e. The number of hydrogen-bond donors (Lipinski definition) is 0. The summed E-state index contributed by atoms with van der Waals surface area (Å²) in [5, 5.41) is 1.02. The number of benzene rings is 1. The Morgan fingerprint density at radius 2 is 2.12 bits per heavy atom. The molecule has 3 heteroatoms. The molecule has 1 aliphatic heterocycles. The Morgan fingerprint density at radius 1 is 1.35 bits per heavy atom. The van der Waals surface area contributed by atoms with Gasteiger partial charge in [-0.05, 0) is 42.0 Å². The molecule has 0 amide bonds. The molecule has 94 valence electrons. The van der Waals surface area contributed by atoms with Gasteiger partial charge in [0.1, 0.15) is 5.75 Å². The zero-order chi connectivity index (χ0) is 12.4. The lowest BCUT2D eigenvalue weighted by Gasteiger charge is -2.14. The van der Waals surface area contributed by atoms with Crippen LogP contribution in [0.4, 0.5) is 0 Å².